The van der Waals surface area contributed by atoms with E-state index >= 15 is 0 Å². The Balaban J connectivity index is 0.968. The van der Waals surface area contributed by atoms with E-state index in [1.807, 2.05) is 6.07 Å². The van der Waals surface area contributed by atoms with Crippen LogP contribution >= 0.6 is 11.3 Å². The predicted octanol–water partition coefficient (Wildman–Crippen LogP) is 7.01. The van der Waals surface area contributed by atoms with Crippen LogP contribution in [0.4, 0.5) is 5.13 Å². The summed E-state index contributed by atoms with van der Waals surface area (Å²) in [4.78, 5) is 18.8. The zero-order chi connectivity index (χ0) is 25.4. The second-order valence-electron chi connectivity index (χ2n) is 12.6. The van der Waals surface area contributed by atoms with Crippen molar-refractivity contribution >= 4 is 32.7 Å². The van der Waals surface area contributed by atoms with E-state index in [1.165, 1.54) is 62.6 Å². The summed E-state index contributed by atoms with van der Waals surface area (Å²) >= 11 is 1.62. The highest BCUT2D eigenvalue weighted by atomic mass is 32.1. The van der Waals surface area contributed by atoms with Crippen LogP contribution in [0, 0.1) is 5.41 Å². The number of anilines is 1. The molecule has 4 heterocycles. The number of carboxylic acids is 1. The Morgan fingerprint density at radius 2 is 1.82 bits per heavy atom. The monoisotopic (exact) mass is 533 g/mol. The van der Waals surface area contributed by atoms with Crippen LogP contribution in [-0.4, -0.2) is 39.4 Å². The topological polar surface area (TPSA) is 88.7 Å². The van der Waals surface area contributed by atoms with Gasteiger partial charge >= 0.3 is 5.97 Å². The molecule has 5 aliphatic rings. The van der Waals surface area contributed by atoms with Crippen LogP contribution in [0.25, 0.3) is 10.2 Å². The van der Waals surface area contributed by atoms with E-state index in [9.17, 15) is 9.90 Å². The fourth-order valence-corrected chi connectivity index (χ4v) is 8.73. The Kier molecular flexibility index (Phi) is 5.42. The molecule has 8 heteroatoms. The van der Waals surface area contributed by atoms with Crippen molar-refractivity contribution in [2.45, 2.75) is 114 Å². The molecule has 1 aromatic carbocycles. The smallest absolute Gasteiger partial charge is 0.335 e. The fraction of sp³-hybridized carbons (Fsp3) is 0.633. The molecule has 3 aliphatic carbocycles. The molecular formula is C30H35N3O4S. The summed E-state index contributed by atoms with van der Waals surface area (Å²) in [7, 11) is 0. The molecular weight excluding hydrogens is 498 g/mol. The van der Waals surface area contributed by atoms with Crippen molar-refractivity contribution in [2.75, 3.05) is 4.90 Å². The van der Waals surface area contributed by atoms with Gasteiger partial charge in [0.25, 0.3) is 0 Å². The van der Waals surface area contributed by atoms with Gasteiger partial charge in [-0.25, -0.2) is 9.78 Å². The van der Waals surface area contributed by atoms with Gasteiger partial charge in [-0.15, -0.1) is 0 Å². The molecule has 38 heavy (non-hydrogen) atoms. The van der Waals surface area contributed by atoms with E-state index in [4.69, 9.17) is 14.2 Å². The Bertz CT molecular complexity index is 1370. The molecule has 0 radical (unpaired) electrons. The Hall–Kier alpha value is -2.45. The number of thiazole rings is 1. The van der Waals surface area contributed by atoms with E-state index in [-0.39, 0.29) is 6.10 Å². The molecule has 1 spiro atoms. The first-order valence-electron chi connectivity index (χ1n) is 14.6. The minimum absolute atomic E-state index is 0.243. The number of ether oxygens (including phenoxy) is 1. The first kappa shape index (κ1) is 23.4. The summed E-state index contributed by atoms with van der Waals surface area (Å²) < 4.78 is 13.6. The third kappa shape index (κ3) is 4.06. The van der Waals surface area contributed by atoms with Crippen molar-refractivity contribution in [2.24, 2.45) is 5.41 Å². The summed E-state index contributed by atoms with van der Waals surface area (Å²) in [5.74, 6) is 1.31. The summed E-state index contributed by atoms with van der Waals surface area (Å²) in [5.41, 5.74) is 4.38. The normalized spacial score (nSPS) is 28.4. The zero-order valence-electron chi connectivity index (χ0n) is 21.7. The average molecular weight is 534 g/mol. The maximum atomic E-state index is 11.4. The number of hydrogen-bond donors (Lipinski definition) is 1. The zero-order valence-corrected chi connectivity index (χ0v) is 22.5. The number of piperidine rings is 1. The van der Waals surface area contributed by atoms with E-state index < -0.39 is 5.97 Å². The van der Waals surface area contributed by atoms with Crippen molar-refractivity contribution in [3.05, 3.63) is 40.8 Å². The Morgan fingerprint density at radius 3 is 2.50 bits per heavy atom. The van der Waals surface area contributed by atoms with E-state index in [1.54, 1.807) is 23.5 Å². The number of aromatic carboxylic acids is 1. The van der Waals surface area contributed by atoms with Crippen LogP contribution in [0.1, 0.15) is 116 Å². The molecule has 8 rings (SSSR count). The molecule has 3 aromatic rings. The van der Waals surface area contributed by atoms with Gasteiger partial charge in [-0.2, -0.15) is 0 Å². The lowest BCUT2D eigenvalue weighted by Crippen LogP contribution is -2.45. The van der Waals surface area contributed by atoms with Crippen LogP contribution in [0.5, 0.6) is 0 Å². The van der Waals surface area contributed by atoms with Gasteiger partial charge in [0.2, 0.25) is 0 Å². The molecule has 1 N–H and O–H groups in total. The maximum Gasteiger partial charge on any atom is 0.335 e. The van der Waals surface area contributed by atoms with E-state index in [2.05, 4.69) is 10.1 Å². The van der Waals surface area contributed by atoms with Gasteiger partial charge in [0.15, 0.2) is 5.13 Å². The van der Waals surface area contributed by atoms with Crippen LogP contribution in [-0.2, 0) is 11.3 Å². The van der Waals surface area contributed by atoms with Crippen LogP contribution in [0.15, 0.2) is 22.7 Å². The second kappa shape index (κ2) is 8.78. The number of aromatic nitrogens is 2. The molecule has 2 aromatic heterocycles. The average Bonchev–Trinajstić information content (AvgIpc) is 3.79. The van der Waals surface area contributed by atoms with Crippen molar-refractivity contribution in [3.8, 4) is 0 Å². The van der Waals surface area contributed by atoms with Gasteiger partial charge < -0.3 is 19.3 Å². The first-order chi connectivity index (χ1) is 18.6. The molecule has 0 unspecified atom stereocenters. The Labute approximate surface area is 226 Å². The summed E-state index contributed by atoms with van der Waals surface area (Å²) in [6.07, 6.45) is 15.1. The first-order valence-corrected chi connectivity index (χ1v) is 15.4. The third-order valence-corrected chi connectivity index (χ3v) is 11.2. The van der Waals surface area contributed by atoms with Crippen LogP contribution < -0.4 is 4.90 Å². The van der Waals surface area contributed by atoms with Crippen molar-refractivity contribution < 1.29 is 19.2 Å². The number of carboxylic acid groups (broad SMARTS) is 1. The van der Waals surface area contributed by atoms with E-state index in [0.29, 0.717) is 41.5 Å². The number of fused-ring (bicyclic) bond motifs is 3. The summed E-state index contributed by atoms with van der Waals surface area (Å²) in [5, 5.41) is 15.0. The van der Waals surface area contributed by atoms with Gasteiger partial charge in [-0.3, -0.25) is 0 Å². The quantitative estimate of drug-likeness (QED) is 0.349. The van der Waals surface area contributed by atoms with Crippen molar-refractivity contribution in [1.29, 1.82) is 0 Å². The van der Waals surface area contributed by atoms with Gasteiger partial charge in [-0.1, -0.05) is 16.5 Å². The minimum atomic E-state index is -0.893. The standard InChI is InChI=1S/C30H35N3O4S/c34-28(35)19-3-6-24-25(13-19)38-29(31-24)33-20-4-5-21(33)15-22(14-20)36-16-23-26(32-37-27(23)18-1-2-18)17-7-9-30(10-8-17)11-12-30/h3,6,13,17-18,20-22H,1-2,4-5,7-12,14-16H2,(H,34,35)/t20-,21-/m0/s1. The molecule has 2 bridgehead atoms. The van der Waals surface area contributed by atoms with Crippen molar-refractivity contribution in [3.63, 3.8) is 0 Å². The van der Waals surface area contributed by atoms with Gasteiger partial charge in [-0.05, 0) is 101 Å². The Morgan fingerprint density at radius 1 is 1.05 bits per heavy atom. The van der Waals surface area contributed by atoms with Gasteiger partial charge in [0.1, 0.15) is 5.76 Å². The molecule has 5 fully saturated rings. The summed E-state index contributed by atoms with van der Waals surface area (Å²) in [6, 6.07) is 6.09. The highest BCUT2D eigenvalue weighted by molar-refractivity contribution is 7.22. The lowest BCUT2D eigenvalue weighted by molar-refractivity contribution is 0.0140. The largest absolute Gasteiger partial charge is 0.478 e. The molecule has 2 aliphatic heterocycles. The predicted molar refractivity (Wildman–Crippen MR) is 145 cm³/mol. The number of rotatable bonds is 7. The molecule has 3 saturated carbocycles. The minimum Gasteiger partial charge on any atom is -0.478 e. The molecule has 2 saturated heterocycles. The van der Waals surface area contributed by atoms with Crippen molar-refractivity contribution in [1.82, 2.24) is 10.1 Å². The molecule has 200 valence electrons. The number of nitrogens with zero attached hydrogens (tertiary/aromatic N) is 3. The van der Waals surface area contributed by atoms with E-state index in [0.717, 1.165) is 46.8 Å². The van der Waals surface area contributed by atoms with Gasteiger partial charge in [0.05, 0.1) is 34.2 Å². The number of hydrogen-bond acceptors (Lipinski definition) is 7. The highest BCUT2D eigenvalue weighted by Gasteiger charge is 2.47. The maximum absolute atomic E-state index is 11.4. The molecule has 7 nitrogen and oxygen atoms in total. The van der Waals surface area contributed by atoms with Crippen LogP contribution in [0.3, 0.4) is 0 Å². The third-order valence-electron chi connectivity index (χ3n) is 10.2. The van der Waals surface area contributed by atoms with Crippen LogP contribution in [0.2, 0.25) is 0 Å². The lowest BCUT2D eigenvalue weighted by Gasteiger charge is -2.38. The SMILES string of the molecule is O=C(O)c1ccc2nc(N3[C@H]4CC[C@H]3CC(OCc3c(C5CCC6(CC5)CC6)noc3C3CC3)C4)sc2c1. The number of benzene rings is 1. The number of carbonyl (C=O) groups is 1. The fourth-order valence-electron chi connectivity index (χ4n) is 7.58. The second-order valence-corrected chi connectivity index (χ2v) is 13.6. The summed E-state index contributed by atoms with van der Waals surface area (Å²) in [6.45, 7) is 0.634. The highest BCUT2D eigenvalue weighted by Crippen LogP contribution is 2.59. The van der Waals surface area contributed by atoms with Gasteiger partial charge in [0, 0.05) is 29.5 Å². The molecule has 0 amide bonds. The molecule has 2 atom stereocenters. The lowest BCUT2D eigenvalue weighted by atomic mass is 9.77.